The monoisotopic (exact) mass is 341 g/mol. The number of hydrogen-bond donors (Lipinski definition) is 0. The molecule has 5 nitrogen and oxygen atoms in total. The van der Waals surface area contributed by atoms with E-state index in [0.717, 1.165) is 6.42 Å². The lowest BCUT2D eigenvalue weighted by Gasteiger charge is -2.35. The Kier molecular flexibility index (Phi) is 4.83. The van der Waals surface area contributed by atoms with E-state index in [9.17, 15) is 4.79 Å². The van der Waals surface area contributed by atoms with Crippen molar-refractivity contribution in [1.29, 1.82) is 0 Å². The first-order chi connectivity index (χ1) is 12.1. The number of carbonyl (C=O) groups is 1. The second kappa shape index (κ2) is 7.05. The Bertz CT molecular complexity index is 762. The summed E-state index contributed by atoms with van der Waals surface area (Å²) in [6.45, 7) is 2.68. The molecule has 132 valence electrons. The Morgan fingerprint density at radius 1 is 1.00 bits per heavy atom. The fourth-order valence-corrected chi connectivity index (χ4v) is 3.32. The summed E-state index contributed by atoms with van der Waals surface area (Å²) in [5, 5.41) is 0. The summed E-state index contributed by atoms with van der Waals surface area (Å²) < 4.78 is 16.1. The van der Waals surface area contributed by atoms with Gasteiger partial charge in [-0.2, -0.15) is 0 Å². The number of carbonyl (C=O) groups excluding carboxylic acids is 1. The highest BCUT2D eigenvalue weighted by Gasteiger charge is 2.28. The molecule has 0 fully saturated rings. The van der Waals surface area contributed by atoms with Crippen LogP contribution in [0, 0.1) is 0 Å². The Morgan fingerprint density at radius 3 is 2.16 bits per heavy atom. The summed E-state index contributed by atoms with van der Waals surface area (Å²) in [6.07, 6.45) is 0.854. The lowest BCUT2D eigenvalue weighted by molar-refractivity contribution is 0.0657. The predicted molar refractivity (Wildman–Crippen MR) is 95.6 cm³/mol. The number of rotatable bonds is 4. The van der Waals surface area contributed by atoms with E-state index in [4.69, 9.17) is 14.2 Å². The van der Waals surface area contributed by atoms with Gasteiger partial charge in [0.2, 0.25) is 5.75 Å². The molecule has 3 rings (SSSR count). The Morgan fingerprint density at radius 2 is 1.60 bits per heavy atom. The van der Waals surface area contributed by atoms with Gasteiger partial charge in [0.15, 0.2) is 11.5 Å². The first kappa shape index (κ1) is 17.1. The van der Waals surface area contributed by atoms with Gasteiger partial charge in [-0.05, 0) is 36.6 Å². The molecule has 0 radical (unpaired) electrons. The molecule has 0 aromatic heterocycles. The highest BCUT2D eigenvalue weighted by atomic mass is 16.5. The van der Waals surface area contributed by atoms with Crippen molar-refractivity contribution in [3.8, 4) is 17.2 Å². The summed E-state index contributed by atoms with van der Waals surface area (Å²) in [5.41, 5.74) is 3.03. The lowest BCUT2D eigenvalue weighted by atomic mass is 9.94. The Labute approximate surface area is 148 Å². The Balaban J connectivity index is 1.96. The van der Waals surface area contributed by atoms with Crippen molar-refractivity contribution < 1.29 is 19.0 Å². The van der Waals surface area contributed by atoms with Gasteiger partial charge < -0.3 is 19.1 Å². The minimum Gasteiger partial charge on any atom is -0.493 e. The summed E-state index contributed by atoms with van der Waals surface area (Å²) in [7, 11) is 4.64. The third-order valence-corrected chi connectivity index (χ3v) is 4.68. The third kappa shape index (κ3) is 3.14. The van der Waals surface area contributed by atoms with Crippen LogP contribution < -0.4 is 14.2 Å². The number of fused-ring (bicyclic) bond motifs is 1. The zero-order chi connectivity index (χ0) is 18.0. The van der Waals surface area contributed by atoms with E-state index in [0.29, 0.717) is 29.4 Å². The zero-order valence-electron chi connectivity index (χ0n) is 15.0. The van der Waals surface area contributed by atoms with Crippen LogP contribution in [0.15, 0.2) is 36.4 Å². The third-order valence-electron chi connectivity index (χ3n) is 4.68. The maximum Gasteiger partial charge on any atom is 0.254 e. The fraction of sp³-hybridized carbons (Fsp3) is 0.350. The van der Waals surface area contributed by atoms with Gasteiger partial charge in [-0.15, -0.1) is 0 Å². The summed E-state index contributed by atoms with van der Waals surface area (Å²) in [6, 6.07) is 11.8. The van der Waals surface area contributed by atoms with Gasteiger partial charge in [0.25, 0.3) is 5.91 Å². The number of methoxy groups -OCH3 is 3. The molecular formula is C20H23NO4. The fourth-order valence-electron chi connectivity index (χ4n) is 3.32. The smallest absolute Gasteiger partial charge is 0.254 e. The maximum atomic E-state index is 13.1. The molecule has 25 heavy (non-hydrogen) atoms. The van der Waals surface area contributed by atoms with Crippen LogP contribution in [0.5, 0.6) is 17.2 Å². The second-order valence-electron chi connectivity index (χ2n) is 6.17. The quantitative estimate of drug-likeness (QED) is 0.856. The van der Waals surface area contributed by atoms with E-state index in [-0.39, 0.29) is 11.9 Å². The zero-order valence-corrected chi connectivity index (χ0v) is 15.0. The van der Waals surface area contributed by atoms with Crippen molar-refractivity contribution in [2.45, 2.75) is 25.9 Å². The van der Waals surface area contributed by atoms with Crippen LogP contribution >= 0.6 is 0 Å². The molecule has 1 amide bonds. The van der Waals surface area contributed by atoms with Crippen LogP contribution in [0.4, 0.5) is 0 Å². The average molecular weight is 341 g/mol. The van der Waals surface area contributed by atoms with Gasteiger partial charge in [-0.3, -0.25) is 4.79 Å². The van der Waals surface area contributed by atoms with E-state index >= 15 is 0 Å². The average Bonchev–Trinajstić information content (AvgIpc) is 2.65. The number of nitrogens with zero attached hydrogens (tertiary/aromatic N) is 1. The van der Waals surface area contributed by atoms with Gasteiger partial charge in [0.1, 0.15) is 0 Å². The molecule has 1 aliphatic rings. The second-order valence-corrected chi connectivity index (χ2v) is 6.17. The van der Waals surface area contributed by atoms with Gasteiger partial charge in [-0.25, -0.2) is 0 Å². The van der Waals surface area contributed by atoms with Crippen molar-refractivity contribution in [3.05, 3.63) is 53.1 Å². The first-order valence-electron chi connectivity index (χ1n) is 8.26. The molecule has 0 bridgehead atoms. The van der Waals surface area contributed by atoms with Crippen molar-refractivity contribution in [3.63, 3.8) is 0 Å². The first-order valence-corrected chi connectivity index (χ1v) is 8.26. The molecule has 0 N–H and O–H groups in total. The van der Waals surface area contributed by atoms with Crippen LogP contribution in [0.2, 0.25) is 0 Å². The van der Waals surface area contributed by atoms with Crippen molar-refractivity contribution >= 4 is 5.91 Å². The van der Waals surface area contributed by atoms with Gasteiger partial charge in [0.05, 0.1) is 21.3 Å². The molecule has 1 atom stereocenters. The lowest BCUT2D eigenvalue weighted by Crippen LogP contribution is -2.42. The normalized spacial score (nSPS) is 16.2. The van der Waals surface area contributed by atoms with Crippen LogP contribution in [0.25, 0.3) is 0 Å². The van der Waals surface area contributed by atoms with Crippen molar-refractivity contribution in [2.24, 2.45) is 0 Å². The SMILES string of the molecule is COc1cc(C(=O)N2Cc3ccccc3C[C@H]2C)cc(OC)c1OC. The highest BCUT2D eigenvalue weighted by Crippen LogP contribution is 2.39. The molecule has 1 heterocycles. The highest BCUT2D eigenvalue weighted by molar-refractivity contribution is 5.96. The Hall–Kier alpha value is -2.69. The van der Waals surface area contributed by atoms with Crippen molar-refractivity contribution in [1.82, 2.24) is 4.90 Å². The van der Waals surface area contributed by atoms with E-state index < -0.39 is 0 Å². The molecular weight excluding hydrogens is 318 g/mol. The van der Waals surface area contributed by atoms with Crippen LogP contribution in [0.3, 0.4) is 0 Å². The number of hydrogen-bond acceptors (Lipinski definition) is 4. The molecule has 5 heteroatoms. The van der Waals surface area contributed by atoms with E-state index in [2.05, 4.69) is 19.1 Å². The minimum atomic E-state index is -0.0405. The molecule has 0 saturated carbocycles. The topological polar surface area (TPSA) is 48.0 Å². The van der Waals surface area contributed by atoms with Gasteiger partial charge in [0, 0.05) is 18.2 Å². The molecule has 0 unspecified atom stereocenters. The van der Waals surface area contributed by atoms with Crippen molar-refractivity contribution in [2.75, 3.05) is 21.3 Å². The number of benzene rings is 2. The minimum absolute atomic E-state index is 0.0405. The van der Waals surface area contributed by atoms with E-state index in [1.54, 1.807) is 33.5 Å². The molecule has 2 aromatic carbocycles. The van der Waals surface area contributed by atoms with E-state index in [1.807, 2.05) is 17.0 Å². The summed E-state index contributed by atoms with van der Waals surface area (Å²) >= 11 is 0. The maximum absolute atomic E-state index is 13.1. The van der Waals surface area contributed by atoms with Crippen LogP contribution in [-0.2, 0) is 13.0 Å². The standard InChI is InChI=1S/C20H23NO4/c1-13-9-14-7-5-6-8-15(14)12-21(13)20(22)16-10-17(23-2)19(25-4)18(11-16)24-3/h5-8,10-11,13H,9,12H2,1-4H3/t13-/m1/s1. The van der Waals surface area contributed by atoms with Gasteiger partial charge in [-0.1, -0.05) is 24.3 Å². The molecule has 0 aliphatic carbocycles. The van der Waals surface area contributed by atoms with Gasteiger partial charge >= 0.3 is 0 Å². The summed E-state index contributed by atoms with van der Waals surface area (Å²) in [5.74, 6) is 1.41. The summed E-state index contributed by atoms with van der Waals surface area (Å²) in [4.78, 5) is 15.0. The number of amides is 1. The van der Waals surface area contributed by atoms with Crippen LogP contribution in [0.1, 0.15) is 28.4 Å². The van der Waals surface area contributed by atoms with E-state index in [1.165, 1.54) is 11.1 Å². The molecule has 2 aromatic rings. The molecule has 0 spiro atoms. The number of ether oxygens (including phenoxy) is 3. The molecule has 0 saturated heterocycles. The molecule has 1 aliphatic heterocycles. The predicted octanol–water partition coefficient (Wildman–Crippen LogP) is 3.30. The van der Waals surface area contributed by atoms with Crippen LogP contribution in [-0.4, -0.2) is 38.2 Å². The largest absolute Gasteiger partial charge is 0.493 e.